The average Bonchev–Trinajstić information content (AvgIpc) is 2.86. The van der Waals surface area contributed by atoms with Crippen LogP contribution in [0.1, 0.15) is 48.3 Å². The Hall–Kier alpha value is -2.10. The number of allylic oxidation sites excluding steroid dienone is 2. The quantitative estimate of drug-likeness (QED) is 0.867. The van der Waals surface area contributed by atoms with E-state index < -0.39 is 5.97 Å². The van der Waals surface area contributed by atoms with Gasteiger partial charge in [0, 0.05) is 5.39 Å². The standard InChI is InChI=1S/C16H18N2O2/c1-2-14-13-9-8-11(16(19)20)10-15(13)18(17-14)12-6-4-3-5-7-12/h4,6,8-10,12H,2-3,5,7H2,1H3,(H,19,20). The molecule has 1 aliphatic carbocycles. The lowest BCUT2D eigenvalue weighted by Gasteiger charge is -2.18. The molecule has 0 saturated heterocycles. The number of aromatic carboxylic acids is 1. The summed E-state index contributed by atoms with van der Waals surface area (Å²) in [5.41, 5.74) is 2.29. The van der Waals surface area contributed by atoms with E-state index in [9.17, 15) is 4.79 Å². The van der Waals surface area contributed by atoms with Crippen LogP contribution < -0.4 is 0 Å². The monoisotopic (exact) mass is 270 g/mol. The van der Waals surface area contributed by atoms with E-state index in [0.29, 0.717) is 5.56 Å². The van der Waals surface area contributed by atoms with Gasteiger partial charge in [-0.3, -0.25) is 4.68 Å². The van der Waals surface area contributed by atoms with Crippen LogP contribution in [0.15, 0.2) is 30.4 Å². The van der Waals surface area contributed by atoms with Crippen LogP contribution in [0.4, 0.5) is 0 Å². The highest BCUT2D eigenvalue weighted by molar-refractivity contribution is 5.94. The van der Waals surface area contributed by atoms with Crippen LogP contribution in [0, 0.1) is 0 Å². The molecule has 20 heavy (non-hydrogen) atoms. The second-order valence-corrected chi connectivity index (χ2v) is 5.21. The molecule has 2 aromatic rings. The van der Waals surface area contributed by atoms with Crippen LogP contribution in [-0.2, 0) is 6.42 Å². The zero-order valence-corrected chi connectivity index (χ0v) is 11.5. The van der Waals surface area contributed by atoms with E-state index >= 15 is 0 Å². The first-order chi connectivity index (χ1) is 9.70. The second kappa shape index (κ2) is 5.12. The summed E-state index contributed by atoms with van der Waals surface area (Å²) < 4.78 is 2.00. The molecule has 1 heterocycles. The predicted octanol–water partition coefficient (Wildman–Crippen LogP) is 3.58. The van der Waals surface area contributed by atoms with E-state index in [0.717, 1.165) is 42.3 Å². The Morgan fingerprint density at radius 1 is 1.50 bits per heavy atom. The van der Waals surface area contributed by atoms with Crippen LogP contribution in [0.2, 0.25) is 0 Å². The smallest absolute Gasteiger partial charge is 0.335 e. The topological polar surface area (TPSA) is 55.1 Å². The van der Waals surface area contributed by atoms with Gasteiger partial charge in [-0.2, -0.15) is 5.10 Å². The van der Waals surface area contributed by atoms with Gasteiger partial charge in [0.25, 0.3) is 0 Å². The molecule has 0 radical (unpaired) electrons. The molecule has 0 saturated carbocycles. The van der Waals surface area contributed by atoms with Gasteiger partial charge in [0.1, 0.15) is 0 Å². The highest BCUT2D eigenvalue weighted by Crippen LogP contribution is 2.28. The molecule has 0 bridgehead atoms. The molecule has 0 aliphatic heterocycles. The van der Waals surface area contributed by atoms with E-state index in [-0.39, 0.29) is 6.04 Å². The molecule has 104 valence electrons. The van der Waals surface area contributed by atoms with Crippen molar-refractivity contribution >= 4 is 16.9 Å². The molecule has 1 unspecified atom stereocenters. The average molecular weight is 270 g/mol. The lowest BCUT2D eigenvalue weighted by molar-refractivity contribution is 0.0697. The summed E-state index contributed by atoms with van der Waals surface area (Å²) >= 11 is 0. The van der Waals surface area contributed by atoms with E-state index in [1.165, 1.54) is 0 Å². The van der Waals surface area contributed by atoms with Gasteiger partial charge in [-0.25, -0.2) is 4.79 Å². The first-order valence-electron chi connectivity index (χ1n) is 7.12. The van der Waals surface area contributed by atoms with Crippen LogP contribution in [-0.4, -0.2) is 20.9 Å². The molecule has 1 N–H and O–H groups in total. The molecule has 0 fully saturated rings. The Kier molecular flexibility index (Phi) is 3.30. The molecule has 0 spiro atoms. The zero-order valence-electron chi connectivity index (χ0n) is 11.5. The molecule has 4 nitrogen and oxygen atoms in total. The number of carboxylic acid groups (broad SMARTS) is 1. The number of hydrogen-bond acceptors (Lipinski definition) is 2. The minimum atomic E-state index is -0.892. The molecular weight excluding hydrogens is 252 g/mol. The minimum Gasteiger partial charge on any atom is -0.478 e. The van der Waals surface area contributed by atoms with Crippen molar-refractivity contribution in [2.75, 3.05) is 0 Å². The van der Waals surface area contributed by atoms with Crippen LogP contribution in [0.5, 0.6) is 0 Å². The number of benzene rings is 1. The summed E-state index contributed by atoms with van der Waals surface area (Å²) in [4.78, 5) is 11.2. The third-order valence-electron chi connectivity index (χ3n) is 3.91. The highest BCUT2D eigenvalue weighted by atomic mass is 16.4. The van der Waals surface area contributed by atoms with Crippen molar-refractivity contribution in [2.24, 2.45) is 0 Å². The Morgan fingerprint density at radius 2 is 2.35 bits per heavy atom. The maximum absolute atomic E-state index is 11.2. The van der Waals surface area contributed by atoms with Crippen LogP contribution >= 0.6 is 0 Å². The third-order valence-corrected chi connectivity index (χ3v) is 3.91. The van der Waals surface area contributed by atoms with Crippen molar-refractivity contribution < 1.29 is 9.90 Å². The lowest BCUT2D eigenvalue weighted by Crippen LogP contribution is -2.11. The minimum absolute atomic E-state index is 0.246. The number of aromatic nitrogens is 2. The van der Waals surface area contributed by atoms with Gasteiger partial charge in [-0.05, 0) is 37.8 Å². The lowest BCUT2D eigenvalue weighted by atomic mass is 10.0. The van der Waals surface area contributed by atoms with Crippen molar-refractivity contribution in [2.45, 2.75) is 38.6 Å². The summed E-state index contributed by atoms with van der Waals surface area (Å²) in [6.07, 6.45) is 8.57. The number of carboxylic acids is 1. The zero-order chi connectivity index (χ0) is 14.1. The SMILES string of the molecule is CCc1nn(C2C=CCCC2)c2cc(C(=O)O)ccc12. The first-order valence-corrected chi connectivity index (χ1v) is 7.12. The first kappa shape index (κ1) is 12.9. The predicted molar refractivity (Wildman–Crippen MR) is 78.1 cm³/mol. The molecular formula is C16H18N2O2. The van der Waals surface area contributed by atoms with Gasteiger partial charge in [-0.1, -0.05) is 25.1 Å². The Morgan fingerprint density at radius 3 is 3.00 bits per heavy atom. The molecule has 0 amide bonds. The summed E-state index contributed by atoms with van der Waals surface area (Å²) in [6, 6.07) is 5.53. The molecule has 3 rings (SSSR count). The number of hydrogen-bond donors (Lipinski definition) is 1. The van der Waals surface area contributed by atoms with Crippen molar-refractivity contribution in [3.8, 4) is 0 Å². The summed E-state index contributed by atoms with van der Waals surface area (Å²) in [5, 5.41) is 14.9. The molecule has 1 aliphatic rings. The largest absolute Gasteiger partial charge is 0.478 e. The summed E-state index contributed by atoms with van der Waals surface area (Å²) in [5.74, 6) is -0.892. The Bertz CT molecular complexity index is 685. The van der Waals surface area contributed by atoms with Crippen molar-refractivity contribution in [3.63, 3.8) is 0 Å². The molecule has 1 aromatic carbocycles. The number of rotatable bonds is 3. The Labute approximate surface area is 117 Å². The maximum atomic E-state index is 11.2. The van der Waals surface area contributed by atoms with Crippen molar-refractivity contribution in [3.05, 3.63) is 41.6 Å². The van der Waals surface area contributed by atoms with Gasteiger partial charge < -0.3 is 5.11 Å². The van der Waals surface area contributed by atoms with Crippen molar-refractivity contribution in [1.29, 1.82) is 0 Å². The molecule has 4 heteroatoms. The molecule has 1 aromatic heterocycles. The molecule has 1 atom stereocenters. The number of fused-ring (bicyclic) bond motifs is 1. The summed E-state index contributed by atoms with van der Waals surface area (Å²) in [7, 11) is 0. The van der Waals surface area contributed by atoms with Crippen molar-refractivity contribution in [1.82, 2.24) is 9.78 Å². The van der Waals surface area contributed by atoms with Gasteiger partial charge >= 0.3 is 5.97 Å². The number of aryl methyl sites for hydroxylation is 1. The van der Waals surface area contributed by atoms with E-state index in [2.05, 4.69) is 19.1 Å². The summed E-state index contributed by atoms with van der Waals surface area (Å²) in [6.45, 7) is 2.08. The maximum Gasteiger partial charge on any atom is 0.335 e. The van der Waals surface area contributed by atoms with E-state index in [1.54, 1.807) is 12.1 Å². The fourth-order valence-electron chi connectivity index (χ4n) is 2.85. The van der Waals surface area contributed by atoms with Gasteiger partial charge in [-0.15, -0.1) is 0 Å². The fourth-order valence-corrected chi connectivity index (χ4v) is 2.85. The Balaban J connectivity index is 2.19. The van der Waals surface area contributed by atoms with Gasteiger partial charge in [0.05, 0.1) is 22.8 Å². The van der Waals surface area contributed by atoms with E-state index in [1.807, 2.05) is 10.7 Å². The number of nitrogens with zero attached hydrogens (tertiary/aromatic N) is 2. The number of carbonyl (C=O) groups is 1. The van der Waals surface area contributed by atoms with E-state index in [4.69, 9.17) is 10.2 Å². The third kappa shape index (κ3) is 2.11. The van der Waals surface area contributed by atoms with Crippen LogP contribution in [0.3, 0.4) is 0 Å². The van der Waals surface area contributed by atoms with Crippen LogP contribution in [0.25, 0.3) is 10.9 Å². The van der Waals surface area contributed by atoms with Gasteiger partial charge in [0.2, 0.25) is 0 Å². The second-order valence-electron chi connectivity index (χ2n) is 5.21. The highest BCUT2D eigenvalue weighted by Gasteiger charge is 2.18. The van der Waals surface area contributed by atoms with Gasteiger partial charge in [0.15, 0.2) is 0 Å². The fraction of sp³-hybridized carbons (Fsp3) is 0.375. The normalized spacial score (nSPS) is 18.6.